The first-order chi connectivity index (χ1) is 11.1. The van der Waals surface area contributed by atoms with E-state index < -0.39 is 0 Å². The van der Waals surface area contributed by atoms with Gasteiger partial charge in [0.05, 0.1) is 19.3 Å². The molecular formula is C16H20FN3O3. The van der Waals surface area contributed by atoms with Gasteiger partial charge < -0.3 is 14.0 Å². The van der Waals surface area contributed by atoms with Crippen LogP contribution in [0.25, 0.3) is 0 Å². The summed E-state index contributed by atoms with van der Waals surface area (Å²) in [5.41, 5.74) is 0. The lowest BCUT2D eigenvalue weighted by Crippen LogP contribution is -2.46. The highest BCUT2D eigenvalue weighted by Gasteiger charge is 2.25. The number of nitrogens with zero attached hydrogens (tertiary/aromatic N) is 3. The highest BCUT2D eigenvalue weighted by molar-refractivity contribution is 5.22. The molecule has 3 rings (SSSR count). The van der Waals surface area contributed by atoms with Crippen molar-refractivity contribution < 1.29 is 18.4 Å². The quantitative estimate of drug-likeness (QED) is 0.843. The summed E-state index contributed by atoms with van der Waals surface area (Å²) in [6.45, 7) is 6.48. The van der Waals surface area contributed by atoms with Crippen LogP contribution in [0.1, 0.15) is 25.6 Å². The van der Waals surface area contributed by atoms with E-state index in [4.69, 9.17) is 14.0 Å². The third-order valence-corrected chi connectivity index (χ3v) is 3.77. The van der Waals surface area contributed by atoms with Crippen LogP contribution in [0.2, 0.25) is 0 Å². The average Bonchev–Trinajstić information content (AvgIpc) is 2.98. The van der Waals surface area contributed by atoms with Crippen molar-refractivity contribution in [3.8, 4) is 5.75 Å². The third kappa shape index (κ3) is 4.27. The summed E-state index contributed by atoms with van der Waals surface area (Å²) in [4.78, 5) is 6.59. The van der Waals surface area contributed by atoms with Gasteiger partial charge in [-0.1, -0.05) is 5.16 Å². The average molecular weight is 321 g/mol. The topological polar surface area (TPSA) is 60.6 Å². The Bertz CT molecular complexity index is 632. The molecule has 124 valence electrons. The third-order valence-electron chi connectivity index (χ3n) is 3.77. The molecule has 0 saturated carbocycles. The van der Waals surface area contributed by atoms with E-state index in [0.717, 1.165) is 6.54 Å². The molecular weight excluding hydrogens is 301 g/mol. The van der Waals surface area contributed by atoms with Crippen LogP contribution in [-0.4, -0.2) is 40.3 Å². The fourth-order valence-electron chi connectivity index (χ4n) is 2.46. The summed E-state index contributed by atoms with van der Waals surface area (Å²) in [5, 5.41) is 3.92. The maximum absolute atomic E-state index is 12.8. The molecule has 1 fully saturated rings. The first kappa shape index (κ1) is 15.9. The molecule has 2 aromatic rings. The molecule has 7 heteroatoms. The minimum Gasteiger partial charge on any atom is -0.485 e. The maximum atomic E-state index is 12.8. The predicted molar refractivity (Wildman–Crippen MR) is 80.3 cm³/mol. The normalized spacial score (nSPS) is 22.2. The molecule has 1 aliphatic rings. The van der Waals surface area contributed by atoms with E-state index >= 15 is 0 Å². The van der Waals surface area contributed by atoms with E-state index in [0.29, 0.717) is 36.7 Å². The molecule has 23 heavy (non-hydrogen) atoms. The van der Waals surface area contributed by atoms with Gasteiger partial charge in [0.2, 0.25) is 11.7 Å². The summed E-state index contributed by atoms with van der Waals surface area (Å²) in [5.74, 6) is 1.29. The Hall–Kier alpha value is -1.99. The van der Waals surface area contributed by atoms with Gasteiger partial charge in [0, 0.05) is 12.6 Å². The first-order valence-electron chi connectivity index (χ1n) is 7.65. The Morgan fingerprint density at radius 2 is 2.09 bits per heavy atom. The van der Waals surface area contributed by atoms with Crippen LogP contribution in [-0.2, 0) is 17.9 Å². The Labute approximate surface area is 134 Å². The number of morpholine rings is 1. The van der Waals surface area contributed by atoms with Crippen molar-refractivity contribution in [3.63, 3.8) is 0 Å². The van der Waals surface area contributed by atoms with Crippen LogP contribution in [0.3, 0.4) is 0 Å². The van der Waals surface area contributed by atoms with Gasteiger partial charge in [0.1, 0.15) is 11.6 Å². The number of halogens is 1. The van der Waals surface area contributed by atoms with Crippen molar-refractivity contribution >= 4 is 0 Å². The van der Waals surface area contributed by atoms with E-state index in [-0.39, 0.29) is 18.5 Å². The Morgan fingerprint density at radius 1 is 1.30 bits per heavy atom. The Kier molecular flexibility index (Phi) is 4.88. The van der Waals surface area contributed by atoms with Gasteiger partial charge in [-0.2, -0.15) is 4.98 Å². The van der Waals surface area contributed by atoms with Crippen molar-refractivity contribution in [2.24, 2.45) is 0 Å². The highest BCUT2D eigenvalue weighted by atomic mass is 19.1. The number of rotatable bonds is 5. The van der Waals surface area contributed by atoms with E-state index in [9.17, 15) is 4.39 Å². The van der Waals surface area contributed by atoms with E-state index in [1.807, 2.05) is 0 Å². The van der Waals surface area contributed by atoms with E-state index in [1.54, 1.807) is 12.1 Å². The molecule has 0 bridgehead atoms. The van der Waals surface area contributed by atoms with Crippen molar-refractivity contribution in [1.82, 2.24) is 15.0 Å². The molecule has 6 nitrogen and oxygen atoms in total. The Morgan fingerprint density at radius 3 is 2.87 bits per heavy atom. The minimum atomic E-state index is -0.298. The van der Waals surface area contributed by atoms with E-state index in [1.165, 1.54) is 12.1 Å². The Balaban J connectivity index is 1.54. The van der Waals surface area contributed by atoms with Gasteiger partial charge >= 0.3 is 0 Å². The molecule has 0 aliphatic carbocycles. The first-order valence-corrected chi connectivity index (χ1v) is 7.65. The number of ether oxygens (including phenoxy) is 2. The van der Waals surface area contributed by atoms with Gasteiger partial charge in [-0.05, 0) is 38.1 Å². The number of aromatic nitrogens is 2. The molecule has 2 heterocycles. The fraction of sp³-hybridized carbons (Fsp3) is 0.500. The summed E-state index contributed by atoms with van der Waals surface area (Å²) >= 11 is 0. The lowest BCUT2D eigenvalue weighted by molar-refractivity contribution is -0.0555. The molecule has 0 unspecified atom stereocenters. The number of hydrogen-bond donors (Lipinski definition) is 0. The van der Waals surface area contributed by atoms with Crippen molar-refractivity contribution in [1.29, 1.82) is 0 Å². The summed E-state index contributed by atoms with van der Waals surface area (Å²) in [7, 11) is 0. The second-order valence-electron chi connectivity index (χ2n) is 5.77. The van der Waals surface area contributed by atoms with Gasteiger partial charge in [0.15, 0.2) is 6.61 Å². The monoisotopic (exact) mass is 321 g/mol. The summed E-state index contributed by atoms with van der Waals surface area (Å²) in [6.07, 6.45) is 0.204. The van der Waals surface area contributed by atoms with Crippen molar-refractivity contribution in [3.05, 3.63) is 41.8 Å². The molecule has 0 radical (unpaired) electrons. The zero-order chi connectivity index (χ0) is 16.2. The van der Waals surface area contributed by atoms with Gasteiger partial charge in [-0.25, -0.2) is 4.39 Å². The van der Waals surface area contributed by atoms with Crippen LogP contribution in [0, 0.1) is 5.82 Å². The minimum absolute atomic E-state index is 0.185. The summed E-state index contributed by atoms with van der Waals surface area (Å²) in [6, 6.07) is 6.13. The predicted octanol–water partition coefficient (Wildman–Crippen LogP) is 2.40. The molecule has 0 spiro atoms. The fourth-order valence-corrected chi connectivity index (χ4v) is 2.46. The smallest absolute Gasteiger partial charge is 0.240 e. The molecule has 0 N–H and O–H groups in total. The van der Waals surface area contributed by atoms with Gasteiger partial charge in [-0.15, -0.1) is 0 Å². The van der Waals surface area contributed by atoms with Gasteiger partial charge in [-0.3, -0.25) is 4.90 Å². The molecule has 1 aromatic carbocycles. The summed E-state index contributed by atoms with van der Waals surface area (Å²) < 4.78 is 29.2. The molecule has 2 atom stereocenters. The van der Waals surface area contributed by atoms with E-state index in [2.05, 4.69) is 28.9 Å². The second-order valence-corrected chi connectivity index (χ2v) is 5.77. The standard InChI is InChI=1S/C16H20FN3O3/c1-11-9-21-12(2)7-20(11)8-16-18-15(19-23-16)10-22-14-5-3-13(17)4-6-14/h3-6,11-12H,7-10H2,1-2H3/t11-,12-/m1/s1. The van der Waals surface area contributed by atoms with Crippen LogP contribution in [0.4, 0.5) is 4.39 Å². The zero-order valence-corrected chi connectivity index (χ0v) is 13.2. The molecule has 1 saturated heterocycles. The number of hydrogen-bond acceptors (Lipinski definition) is 6. The van der Waals surface area contributed by atoms with Crippen molar-refractivity contribution in [2.45, 2.75) is 39.1 Å². The van der Waals surface area contributed by atoms with Crippen LogP contribution in [0.5, 0.6) is 5.75 Å². The van der Waals surface area contributed by atoms with Crippen LogP contribution >= 0.6 is 0 Å². The van der Waals surface area contributed by atoms with Crippen LogP contribution in [0.15, 0.2) is 28.8 Å². The zero-order valence-electron chi connectivity index (χ0n) is 13.2. The SMILES string of the molecule is C[C@@H]1CN(Cc2nc(COc3ccc(F)cc3)no2)[C@H](C)CO1. The molecule has 1 aromatic heterocycles. The lowest BCUT2D eigenvalue weighted by atomic mass is 10.2. The second kappa shape index (κ2) is 7.06. The largest absolute Gasteiger partial charge is 0.485 e. The maximum Gasteiger partial charge on any atom is 0.240 e. The highest BCUT2D eigenvalue weighted by Crippen LogP contribution is 2.15. The van der Waals surface area contributed by atoms with Crippen molar-refractivity contribution in [2.75, 3.05) is 13.2 Å². The number of benzene rings is 1. The molecule has 0 amide bonds. The lowest BCUT2D eigenvalue weighted by Gasteiger charge is -2.35. The van der Waals surface area contributed by atoms with Crippen LogP contribution < -0.4 is 4.74 Å². The molecule has 1 aliphatic heterocycles. The van der Waals surface area contributed by atoms with Gasteiger partial charge in [0.25, 0.3) is 0 Å².